The second-order valence-electron chi connectivity index (χ2n) is 6.62. The minimum absolute atomic E-state index is 0.103. The van der Waals surface area contributed by atoms with E-state index in [1.54, 1.807) is 25.3 Å². The van der Waals surface area contributed by atoms with E-state index >= 15 is 0 Å². The van der Waals surface area contributed by atoms with Gasteiger partial charge < -0.3 is 5.32 Å². The van der Waals surface area contributed by atoms with Crippen LogP contribution in [0.15, 0.2) is 77.8 Å². The summed E-state index contributed by atoms with van der Waals surface area (Å²) in [5.41, 5.74) is 2.62. The quantitative estimate of drug-likeness (QED) is 0.599. The van der Waals surface area contributed by atoms with E-state index in [2.05, 4.69) is 15.0 Å². The number of amides is 1. The van der Waals surface area contributed by atoms with Crippen LogP contribution in [0.5, 0.6) is 0 Å². The SMILES string of the molecule is Cc1ccc(C(=O)NCCc2ccccn2)cc1S(=O)(=O)NCc1ccccc1. The highest BCUT2D eigenvalue weighted by Gasteiger charge is 2.19. The van der Waals surface area contributed by atoms with Gasteiger partial charge in [0.2, 0.25) is 10.0 Å². The maximum absolute atomic E-state index is 12.7. The molecule has 0 aliphatic carbocycles. The van der Waals surface area contributed by atoms with E-state index in [1.807, 2.05) is 48.5 Å². The first-order valence-corrected chi connectivity index (χ1v) is 10.8. The molecule has 29 heavy (non-hydrogen) atoms. The van der Waals surface area contributed by atoms with Crippen molar-refractivity contribution in [2.24, 2.45) is 0 Å². The summed E-state index contributed by atoms with van der Waals surface area (Å²) >= 11 is 0. The van der Waals surface area contributed by atoms with Crippen molar-refractivity contribution in [3.63, 3.8) is 0 Å². The van der Waals surface area contributed by atoms with Crippen LogP contribution in [0, 0.1) is 6.92 Å². The first-order chi connectivity index (χ1) is 14.0. The van der Waals surface area contributed by atoms with Gasteiger partial charge in [0.05, 0.1) is 4.90 Å². The molecule has 0 radical (unpaired) electrons. The molecule has 3 aromatic rings. The van der Waals surface area contributed by atoms with Gasteiger partial charge in [0, 0.05) is 37.0 Å². The number of hydrogen-bond donors (Lipinski definition) is 2. The van der Waals surface area contributed by atoms with E-state index in [-0.39, 0.29) is 17.3 Å². The standard InChI is InChI=1S/C22H23N3O3S/c1-17-10-11-19(22(26)24-14-12-20-9-5-6-13-23-20)15-21(17)29(27,28)25-16-18-7-3-2-4-8-18/h2-11,13,15,25H,12,14,16H2,1H3,(H,24,26). The molecule has 0 saturated heterocycles. The van der Waals surface area contributed by atoms with Gasteiger partial charge in [0.1, 0.15) is 0 Å². The molecule has 7 heteroatoms. The predicted octanol–water partition coefficient (Wildman–Crippen LogP) is 2.84. The van der Waals surface area contributed by atoms with E-state index in [9.17, 15) is 13.2 Å². The van der Waals surface area contributed by atoms with Crippen molar-refractivity contribution in [2.45, 2.75) is 24.8 Å². The molecule has 6 nitrogen and oxygen atoms in total. The minimum atomic E-state index is -3.75. The molecule has 0 atom stereocenters. The number of aromatic nitrogens is 1. The number of nitrogens with one attached hydrogen (secondary N) is 2. The van der Waals surface area contributed by atoms with Gasteiger partial charge >= 0.3 is 0 Å². The number of rotatable bonds is 8. The van der Waals surface area contributed by atoms with Crippen LogP contribution in [0.3, 0.4) is 0 Å². The summed E-state index contributed by atoms with van der Waals surface area (Å²) in [5, 5.41) is 2.81. The highest BCUT2D eigenvalue weighted by atomic mass is 32.2. The van der Waals surface area contributed by atoms with E-state index in [0.717, 1.165) is 11.3 Å². The van der Waals surface area contributed by atoms with E-state index in [0.29, 0.717) is 24.1 Å². The minimum Gasteiger partial charge on any atom is -0.352 e. The summed E-state index contributed by atoms with van der Waals surface area (Å²) in [5.74, 6) is -0.319. The fourth-order valence-corrected chi connectivity index (χ4v) is 4.12. The molecular weight excluding hydrogens is 386 g/mol. The summed E-state index contributed by atoms with van der Waals surface area (Å²) in [6.07, 6.45) is 2.30. The van der Waals surface area contributed by atoms with Gasteiger partial charge in [0.25, 0.3) is 5.91 Å². The zero-order valence-corrected chi connectivity index (χ0v) is 16.9. The molecule has 0 bridgehead atoms. The van der Waals surface area contributed by atoms with Crippen molar-refractivity contribution >= 4 is 15.9 Å². The lowest BCUT2D eigenvalue weighted by molar-refractivity contribution is 0.0954. The topological polar surface area (TPSA) is 88.2 Å². The summed E-state index contributed by atoms with van der Waals surface area (Å²) < 4.78 is 28.1. The number of benzene rings is 2. The third-order valence-corrected chi connectivity index (χ3v) is 5.99. The summed E-state index contributed by atoms with van der Waals surface area (Å²) in [4.78, 5) is 16.8. The van der Waals surface area contributed by atoms with Crippen molar-refractivity contribution in [2.75, 3.05) is 6.54 Å². The first-order valence-electron chi connectivity index (χ1n) is 9.28. The molecule has 0 saturated carbocycles. The molecule has 3 rings (SSSR count). The smallest absolute Gasteiger partial charge is 0.251 e. The molecule has 0 aliphatic rings. The van der Waals surface area contributed by atoms with E-state index < -0.39 is 10.0 Å². The van der Waals surface area contributed by atoms with Crippen molar-refractivity contribution in [1.29, 1.82) is 0 Å². The molecule has 150 valence electrons. The summed E-state index contributed by atoms with van der Waals surface area (Å²) in [6.45, 7) is 2.31. The second kappa shape index (κ2) is 9.45. The molecule has 2 aromatic carbocycles. The van der Waals surface area contributed by atoms with Crippen LogP contribution < -0.4 is 10.0 Å². The maximum atomic E-state index is 12.7. The van der Waals surface area contributed by atoms with Gasteiger partial charge in [-0.05, 0) is 42.3 Å². The average Bonchev–Trinajstić information content (AvgIpc) is 2.74. The number of hydrogen-bond acceptors (Lipinski definition) is 4. The Kier molecular flexibility index (Phi) is 6.74. The number of carbonyl (C=O) groups excluding carboxylic acids is 1. The van der Waals surface area contributed by atoms with Crippen LogP contribution in [0.2, 0.25) is 0 Å². The van der Waals surface area contributed by atoms with Crippen molar-refractivity contribution < 1.29 is 13.2 Å². The lowest BCUT2D eigenvalue weighted by atomic mass is 10.1. The van der Waals surface area contributed by atoms with Crippen LogP contribution in [0.25, 0.3) is 0 Å². The van der Waals surface area contributed by atoms with Gasteiger partial charge in [-0.1, -0.05) is 42.5 Å². The summed E-state index contributed by atoms with van der Waals surface area (Å²) in [7, 11) is -3.75. The second-order valence-corrected chi connectivity index (χ2v) is 8.35. The van der Waals surface area contributed by atoms with Gasteiger partial charge in [-0.2, -0.15) is 0 Å². The lowest BCUT2D eigenvalue weighted by Crippen LogP contribution is -2.27. The molecule has 1 amide bonds. The van der Waals surface area contributed by atoms with Gasteiger partial charge in [-0.15, -0.1) is 0 Å². The lowest BCUT2D eigenvalue weighted by Gasteiger charge is -2.12. The number of pyridine rings is 1. The van der Waals surface area contributed by atoms with Crippen LogP contribution in [-0.2, 0) is 23.0 Å². The number of aryl methyl sites for hydroxylation is 1. The predicted molar refractivity (Wildman–Crippen MR) is 112 cm³/mol. The number of carbonyl (C=O) groups is 1. The van der Waals surface area contributed by atoms with Crippen molar-refractivity contribution in [3.8, 4) is 0 Å². The van der Waals surface area contributed by atoms with Gasteiger partial charge in [0.15, 0.2) is 0 Å². The Hall–Kier alpha value is -3.03. The molecule has 2 N–H and O–H groups in total. The Morgan fingerprint density at radius 3 is 2.48 bits per heavy atom. The maximum Gasteiger partial charge on any atom is 0.251 e. The molecule has 0 aliphatic heterocycles. The Balaban J connectivity index is 1.67. The Morgan fingerprint density at radius 2 is 1.76 bits per heavy atom. The van der Waals surface area contributed by atoms with Crippen LogP contribution >= 0.6 is 0 Å². The molecule has 0 spiro atoms. The third kappa shape index (κ3) is 5.73. The number of nitrogens with zero attached hydrogens (tertiary/aromatic N) is 1. The van der Waals surface area contributed by atoms with Crippen LogP contribution in [0.1, 0.15) is 27.2 Å². The van der Waals surface area contributed by atoms with Crippen molar-refractivity contribution in [3.05, 3.63) is 95.3 Å². The van der Waals surface area contributed by atoms with E-state index in [1.165, 1.54) is 6.07 Å². The number of sulfonamides is 1. The van der Waals surface area contributed by atoms with Gasteiger partial charge in [-0.25, -0.2) is 13.1 Å². The van der Waals surface area contributed by atoms with E-state index in [4.69, 9.17) is 0 Å². The largest absolute Gasteiger partial charge is 0.352 e. The summed E-state index contributed by atoms with van der Waals surface area (Å²) in [6, 6.07) is 19.6. The van der Waals surface area contributed by atoms with Gasteiger partial charge in [-0.3, -0.25) is 9.78 Å². The first kappa shape index (κ1) is 20.7. The Labute approximate surface area is 171 Å². The fraction of sp³-hybridized carbons (Fsp3) is 0.182. The molecule has 0 unspecified atom stereocenters. The zero-order valence-electron chi connectivity index (χ0n) is 16.1. The molecule has 0 fully saturated rings. The highest BCUT2D eigenvalue weighted by Crippen LogP contribution is 2.17. The third-order valence-electron chi connectivity index (χ3n) is 4.44. The molecular formula is C22H23N3O3S. The average molecular weight is 410 g/mol. The Morgan fingerprint density at radius 1 is 1.00 bits per heavy atom. The van der Waals surface area contributed by atoms with Crippen LogP contribution in [-0.4, -0.2) is 25.9 Å². The zero-order chi connectivity index (χ0) is 20.7. The molecule has 1 aromatic heterocycles. The monoisotopic (exact) mass is 409 g/mol. The van der Waals surface area contributed by atoms with Crippen molar-refractivity contribution in [1.82, 2.24) is 15.0 Å². The fourth-order valence-electron chi connectivity index (χ4n) is 2.83. The Bertz CT molecular complexity index is 1070. The van der Waals surface area contributed by atoms with Crippen LogP contribution in [0.4, 0.5) is 0 Å². The normalized spacial score (nSPS) is 11.2. The molecule has 1 heterocycles. The highest BCUT2D eigenvalue weighted by molar-refractivity contribution is 7.89.